The van der Waals surface area contributed by atoms with Gasteiger partial charge in [0, 0.05) is 11.8 Å². The molecule has 1 heterocycles. The Kier molecular flexibility index (Phi) is 7.26. The summed E-state index contributed by atoms with van der Waals surface area (Å²) in [6, 6.07) is 20.6. The Hall–Kier alpha value is -4.39. The van der Waals surface area contributed by atoms with Gasteiger partial charge in [-0.2, -0.15) is 5.10 Å². The number of benzene rings is 3. The first-order valence-corrected chi connectivity index (χ1v) is 11.2. The molecule has 0 fully saturated rings. The number of ether oxygens (including phenoxy) is 2. The zero-order valence-corrected chi connectivity index (χ0v) is 19.9. The Balaban J connectivity index is 1.40. The van der Waals surface area contributed by atoms with Gasteiger partial charge in [0.25, 0.3) is 5.91 Å². The molecule has 4 rings (SSSR count). The molecular weight excluding hydrogens is 442 g/mol. The number of carbonyl (C=O) groups is 2. The number of hydrogen-bond donors (Lipinski definition) is 1. The summed E-state index contributed by atoms with van der Waals surface area (Å²) in [5, 5.41) is 7.18. The molecule has 1 amide bonds. The fourth-order valence-electron chi connectivity index (χ4n) is 3.78. The van der Waals surface area contributed by atoms with Crippen molar-refractivity contribution in [1.82, 2.24) is 9.78 Å². The standard InChI is InChI=1S/C28H27N3O4/c1-19-11-12-26(20(2)13-19)35-18-21-7-6-9-22(14-21)27(32)30-24-15-29-31(17-24)16-23-8-4-5-10-25(23)28(33)34-3/h4-15,17H,16,18H2,1-3H3,(H,30,32). The fourth-order valence-corrected chi connectivity index (χ4v) is 3.78. The normalized spacial score (nSPS) is 10.6. The summed E-state index contributed by atoms with van der Waals surface area (Å²) >= 11 is 0. The van der Waals surface area contributed by atoms with Crippen molar-refractivity contribution in [3.63, 3.8) is 0 Å². The Bertz CT molecular complexity index is 1360. The summed E-state index contributed by atoms with van der Waals surface area (Å²) in [6.07, 6.45) is 3.30. The van der Waals surface area contributed by atoms with E-state index in [9.17, 15) is 9.59 Å². The summed E-state index contributed by atoms with van der Waals surface area (Å²) in [6.45, 7) is 4.79. The van der Waals surface area contributed by atoms with Crippen LogP contribution in [0.15, 0.2) is 79.1 Å². The average molecular weight is 470 g/mol. The van der Waals surface area contributed by atoms with E-state index in [1.54, 1.807) is 35.3 Å². The van der Waals surface area contributed by atoms with Crippen LogP contribution in [0.5, 0.6) is 5.75 Å². The minimum Gasteiger partial charge on any atom is -0.489 e. The SMILES string of the molecule is COC(=O)c1ccccc1Cn1cc(NC(=O)c2cccc(COc3ccc(C)cc3C)c2)cn1. The van der Waals surface area contributed by atoms with Crippen molar-refractivity contribution in [2.24, 2.45) is 0 Å². The molecule has 7 nitrogen and oxygen atoms in total. The largest absolute Gasteiger partial charge is 0.489 e. The lowest BCUT2D eigenvalue weighted by Gasteiger charge is -2.11. The quantitative estimate of drug-likeness (QED) is 0.360. The molecule has 0 spiro atoms. The van der Waals surface area contributed by atoms with Crippen molar-refractivity contribution in [3.8, 4) is 5.75 Å². The van der Waals surface area contributed by atoms with Crippen LogP contribution in [0.3, 0.4) is 0 Å². The second-order valence-electron chi connectivity index (χ2n) is 8.29. The number of amides is 1. The molecule has 178 valence electrons. The highest BCUT2D eigenvalue weighted by molar-refractivity contribution is 6.04. The number of nitrogens with zero attached hydrogens (tertiary/aromatic N) is 2. The molecule has 0 aliphatic carbocycles. The third-order valence-corrected chi connectivity index (χ3v) is 5.56. The highest BCUT2D eigenvalue weighted by Crippen LogP contribution is 2.21. The Morgan fingerprint density at radius 2 is 1.83 bits per heavy atom. The zero-order chi connectivity index (χ0) is 24.8. The van der Waals surface area contributed by atoms with Crippen LogP contribution in [-0.4, -0.2) is 28.8 Å². The monoisotopic (exact) mass is 469 g/mol. The van der Waals surface area contributed by atoms with Gasteiger partial charge >= 0.3 is 5.97 Å². The molecule has 0 radical (unpaired) electrons. The van der Waals surface area contributed by atoms with Gasteiger partial charge in [-0.1, -0.05) is 48.0 Å². The first-order chi connectivity index (χ1) is 16.9. The van der Waals surface area contributed by atoms with Crippen LogP contribution in [0.1, 0.15) is 43.0 Å². The molecule has 0 saturated carbocycles. The fraction of sp³-hybridized carbons (Fsp3) is 0.179. The maximum absolute atomic E-state index is 12.8. The van der Waals surface area contributed by atoms with Crippen LogP contribution in [0.2, 0.25) is 0 Å². The average Bonchev–Trinajstić information content (AvgIpc) is 3.30. The molecule has 35 heavy (non-hydrogen) atoms. The molecule has 0 atom stereocenters. The van der Waals surface area contributed by atoms with Gasteiger partial charge in [-0.25, -0.2) is 4.79 Å². The number of anilines is 1. The van der Waals surface area contributed by atoms with E-state index in [2.05, 4.69) is 16.5 Å². The number of aromatic nitrogens is 2. The van der Waals surface area contributed by atoms with E-state index >= 15 is 0 Å². The lowest BCUT2D eigenvalue weighted by Crippen LogP contribution is -2.12. The Labute approximate surface area is 204 Å². The first-order valence-electron chi connectivity index (χ1n) is 11.2. The maximum atomic E-state index is 12.8. The van der Waals surface area contributed by atoms with E-state index in [-0.39, 0.29) is 5.91 Å². The van der Waals surface area contributed by atoms with Crippen LogP contribution < -0.4 is 10.1 Å². The minimum absolute atomic E-state index is 0.243. The lowest BCUT2D eigenvalue weighted by molar-refractivity contribution is 0.0599. The Morgan fingerprint density at radius 3 is 2.63 bits per heavy atom. The van der Waals surface area contributed by atoms with Gasteiger partial charge in [-0.05, 0) is 54.8 Å². The van der Waals surface area contributed by atoms with E-state index < -0.39 is 5.97 Å². The molecular formula is C28H27N3O4. The lowest BCUT2D eigenvalue weighted by atomic mass is 10.1. The predicted octanol–water partition coefficient (Wildman–Crippen LogP) is 5.17. The summed E-state index contributed by atoms with van der Waals surface area (Å²) in [5.74, 6) is 0.183. The molecule has 0 saturated heterocycles. The summed E-state index contributed by atoms with van der Waals surface area (Å²) < 4.78 is 12.5. The van der Waals surface area contributed by atoms with Gasteiger partial charge < -0.3 is 14.8 Å². The van der Waals surface area contributed by atoms with E-state index in [0.29, 0.717) is 30.0 Å². The molecule has 0 bridgehead atoms. The maximum Gasteiger partial charge on any atom is 0.338 e. The third kappa shape index (κ3) is 5.95. The van der Waals surface area contributed by atoms with Crippen LogP contribution in [0.25, 0.3) is 0 Å². The zero-order valence-electron chi connectivity index (χ0n) is 19.9. The molecule has 0 aliphatic heterocycles. The van der Waals surface area contributed by atoms with Crippen molar-refractivity contribution < 1.29 is 19.1 Å². The van der Waals surface area contributed by atoms with Gasteiger partial charge in [0.2, 0.25) is 0 Å². The van der Waals surface area contributed by atoms with E-state index in [4.69, 9.17) is 9.47 Å². The number of rotatable bonds is 8. The number of carbonyl (C=O) groups excluding carboxylic acids is 2. The second kappa shape index (κ2) is 10.7. The van der Waals surface area contributed by atoms with Crippen molar-refractivity contribution in [2.75, 3.05) is 12.4 Å². The molecule has 4 aromatic rings. The highest BCUT2D eigenvalue weighted by atomic mass is 16.5. The van der Waals surface area contributed by atoms with Gasteiger partial charge in [0.1, 0.15) is 12.4 Å². The van der Waals surface area contributed by atoms with Gasteiger partial charge in [-0.15, -0.1) is 0 Å². The van der Waals surface area contributed by atoms with Gasteiger partial charge in [0.15, 0.2) is 0 Å². The number of aryl methyl sites for hydroxylation is 2. The smallest absolute Gasteiger partial charge is 0.338 e. The van der Waals surface area contributed by atoms with Crippen LogP contribution >= 0.6 is 0 Å². The predicted molar refractivity (Wildman–Crippen MR) is 134 cm³/mol. The molecule has 3 aromatic carbocycles. The van der Waals surface area contributed by atoms with Gasteiger partial charge in [0.05, 0.1) is 31.1 Å². The molecule has 1 aromatic heterocycles. The number of esters is 1. The molecule has 0 aliphatic rings. The summed E-state index contributed by atoms with van der Waals surface area (Å²) in [5.41, 5.74) is 5.49. The highest BCUT2D eigenvalue weighted by Gasteiger charge is 2.13. The molecule has 1 N–H and O–H groups in total. The molecule has 0 unspecified atom stereocenters. The number of hydrogen-bond acceptors (Lipinski definition) is 5. The topological polar surface area (TPSA) is 82.5 Å². The Morgan fingerprint density at radius 1 is 1.00 bits per heavy atom. The van der Waals surface area contributed by atoms with Crippen molar-refractivity contribution in [2.45, 2.75) is 27.0 Å². The molecule has 7 heteroatoms. The summed E-state index contributed by atoms with van der Waals surface area (Å²) in [7, 11) is 1.35. The van der Waals surface area contributed by atoms with E-state index in [1.165, 1.54) is 12.7 Å². The van der Waals surface area contributed by atoms with E-state index in [0.717, 1.165) is 22.4 Å². The number of methoxy groups -OCH3 is 1. The second-order valence-corrected chi connectivity index (χ2v) is 8.29. The first kappa shape index (κ1) is 23.8. The summed E-state index contributed by atoms with van der Waals surface area (Å²) in [4.78, 5) is 24.8. The van der Waals surface area contributed by atoms with Crippen LogP contribution in [0.4, 0.5) is 5.69 Å². The minimum atomic E-state index is -0.400. The third-order valence-electron chi connectivity index (χ3n) is 5.56. The van der Waals surface area contributed by atoms with Gasteiger partial charge in [-0.3, -0.25) is 9.48 Å². The van der Waals surface area contributed by atoms with Crippen molar-refractivity contribution in [3.05, 3.63) is 113 Å². The van der Waals surface area contributed by atoms with Crippen molar-refractivity contribution >= 4 is 17.6 Å². The van der Waals surface area contributed by atoms with Crippen LogP contribution in [-0.2, 0) is 17.9 Å². The van der Waals surface area contributed by atoms with E-state index in [1.807, 2.05) is 56.3 Å². The van der Waals surface area contributed by atoms with Crippen molar-refractivity contribution in [1.29, 1.82) is 0 Å². The van der Waals surface area contributed by atoms with Crippen LogP contribution in [0, 0.1) is 13.8 Å². The number of nitrogens with one attached hydrogen (secondary N) is 1.